The Morgan fingerprint density at radius 1 is 1.27 bits per heavy atom. The summed E-state index contributed by atoms with van der Waals surface area (Å²) in [7, 11) is 0. The number of aromatic nitrogens is 1. The summed E-state index contributed by atoms with van der Waals surface area (Å²) in [5, 5.41) is 0. The van der Waals surface area contributed by atoms with E-state index in [1.165, 1.54) is 11.0 Å². The molecule has 3 rings (SSSR count). The zero-order valence-corrected chi connectivity index (χ0v) is 11.9. The number of carbonyl (C=O) groups excluding carboxylic acids is 1. The number of ether oxygens (including phenoxy) is 1. The number of hydrogen-bond donors (Lipinski definition) is 0. The third kappa shape index (κ3) is 2.77. The number of benzene rings is 1. The van der Waals surface area contributed by atoms with Gasteiger partial charge < -0.3 is 9.64 Å². The molecule has 1 aromatic carbocycles. The molecule has 6 heteroatoms. The summed E-state index contributed by atoms with van der Waals surface area (Å²) >= 11 is 0. The quantitative estimate of drug-likeness (QED) is 0.875. The van der Waals surface area contributed by atoms with Crippen molar-refractivity contribution in [2.24, 2.45) is 0 Å². The van der Waals surface area contributed by atoms with Gasteiger partial charge in [-0.3, -0.25) is 9.78 Å². The molecule has 2 heterocycles. The maximum absolute atomic E-state index is 13.6. The van der Waals surface area contributed by atoms with Crippen LogP contribution in [-0.2, 0) is 0 Å². The van der Waals surface area contributed by atoms with E-state index in [4.69, 9.17) is 4.74 Å². The Labute approximate surface area is 126 Å². The lowest BCUT2D eigenvalue weighted by Crippen LogP contribution is -2.56. The number of halogens is 2. The molecule has 0 bridgehead atoms. The molecule has 114 valence electrons. The van der Waals surface area contributed by atoms with Crippen LogP contribution in [0.15, 0.2) is 36.5 Å². The van der Waals surface area contributed by atoms with Gasteiger partial charge in [-0.1, -0.05) is 6.07 Å². The largest absolute Gasteiger partial charge is 0.487 e. The molecule has 2 aromatic rings. The van der Waals surface area contributed by atoms with E-state index in [9.17, 15) is 13.6 Å². The van der Waals surface area contributed by atoms with Crippen LogP contribution in [0.5, 0.6) is 5.75 Å². The molecule has 0 saturated carbocycles. The number of aryl methyl sites for hydroxylation is 1. The molecule has 1 aliphatic heterocycles. The van der Waals surface area contributed by atoms with Gasteiger partial charge in [-0.2, -0.15) is 0 Å². The second kappa shape index (κ2) is 5.71. The predicted molar refractivity (Wildman–Crippen MR) is 75.7 cm³/mol. The second-order valence-corrected chi connectivity index (χ2v) is 5.18. The molecule has 0 radical (unpaired) electrons. The average Bonchev–Trinajstić information content (AvgIpc) is 2.42. The van der Waals surface area contributed by atoms with Gasteiger partial charge in [0, 0.05) is 18.0 Å². The standard InChI is InChI=1S/C16H14F2N2O2/c1-10-7-11(5-6-19-10)22-12-8-20(9-12)16(21)15-13(17)3-2-4-14(15)18/h2-7,12H,8-9H2,1H3. The molecule has 0 spiro atoms. The zero-order valence-electron chi connectivity index (χ0n) is 11.9. The number of hydrogen-bond acceptors (Lipinski definition) is 3. The fraction of sp³-hybridized carbons (Fsp3) is 0.250. The highest BCUT2D eigenvalue weighted by molar-refractivity contribution is 5.95. The molecule has 1 fully saturated rings. The molecule has 1 aromatic heterocycles. The number of pyridine rings is 1. The second-order valence-electron chi connectivity index (χ2n) is 5.18. The van der Waals surface area contributed by atoms with E-state index in [0.29, 0.717) is 18.8 Å². The van der Waals surface area contributed by atoms with Crippen molar-refractivity contribution in [2.45, 2.75) is 13.0 Å². The van der Waals surface area contributed by atoms with Crippen LogP contribution in [0.3, 0.4) is 0 Å². The summed E-state index contributed by atoms with van der Waals surface area (Å²) < 4.78 is 32.9. The number of likely N-dealkylation sites (tertiary alicyclic amines) is 1. The molecule has 0 atom stereocenters. The first-order valence-electron chi connectivity index (χ1n) is 6.87. The molecule has 1 amide bonds. The Morgan fingerprint density at radius 2 is 1.95 bits per heavy atom. The summed E-state index contributed by atoms with van der Waals surface area (Å²) in [6, 6.07) is 6.90. The molecule has 1 saturated heterocycles. The fourth-order valence-electron chi connectivity index (χ4n) is 2.32. The number of carbonyl (C=O) groups is 1. The Balaban J connectivity index is 1.62. The predicted octanol–water partition coefficient (Wildman–Crippen LogP) is 2.57. The van der Waals surface area contributed by atoms with Crippen LogP contribution in [0.2, 0.25) is 0 Å². The van der Waals surface area contributed by atoms with Gasteiger partial charge in [0.05, 0.1) is 13.1 Å². The van der Waals surface area contributed by atoms with E-state index in [-0.39, 0.29) is 6.10 Å². The highest BCUT2D eigenvalue weighted by Gasteiger charge is 2.35. The van der Waals surface area contributed by atoms with E-state index in [1.54, 1.807) is 18.3 Å². The van der Waals surface area contributed by atoms with Crippen molar-refractivity contribution in [2.75, 3.05) is 13.1 Å². The molecule has 0 aliphatic carbocycles. The third-order valence-electron chi connectivity index (χ3n) is 3.48. The van der Waals surface area contributed by atoms with E-state index < -0.39 is 23.1 Å². The van der Waals surface area contributed by atoms with Crippen LogP contribution in [0.1, 0.15) is 16.1 Å². The highest BCUT2D eigenvalue weighted by atomic mass is 19.1. The third-order valence-corrected chi connectivity index (χ3v) is 3.48. The van der Waals surface area contributed by atoms with Gasteiger partial charge in [-0.15, -0.1) is 0 Å². The van der Waals surface area contributed by atoms with E-state index in [1.807, 2.05) is 6.92 Å². The van der Waals surface area contributed by atoms with Gasteiger partial charge in [-0.05, 0) is 25.1 Å². The Kier molecular flexibility index (Phi) is 3.75. The molecule has 22 heavy (non-hydrogen) atoms. The monoisotopic (exact) mass is 304 g/mol. The first kappa shape index (κ1) is 14.4. The molecule has 0 N–H and O–H groups in total. The van der Waals surface area contributed by atoms with Crippen molar-refractivity contribution in [1.82, 2.24) is 9.88 Å². The van der Waals surface area contributed by atoms with E-state index in [0.717, 1.165) is 17.8 Å². The SMILES string of the molecule is Cc1cc(OC2CN(C(=O)c3c(F)cccc3F)C2)ccn1. The lowest BCUT2D eigenvalue weighted by atomic mass is 10.1. The maximum atomic E-state index is 13.6. The van der Waals surface area contributed by atoms with Gasteiger partial charge in [0.1, 0.15) is 29.1 Å². The molecule has 4 nitrogen and oxygen atoms in total. The molecule has 1 aliphatic rings. The summed E-state index contributed by atoms with van der Waals surface area (Å²) in [4.78, 5) is 17.5. The van der Waals surface area contributed by atoms with Gasteiger partial charge in [0.25, 0.3) is 5.91 Å². The van der Waals surface area contributed by atoms with Crippen molar-refractivity contribution in [3.63, 3.8) is 0 Å². The summed E-state index contributed by atoms with van der Waals surface area (Å²) in [5.41, 5.74) is 0.318. The van der Waals surface area contributed by atoms with Gasteiger partial charge in [-0.25, -0.2) is 8.78 Å². The Morgan fingerprint density at radius 3 is 2.59 bits per heavy atom. The minimum absolute atomic E-state index is 0.180. The maximum Gasteiger partial charge on any atom is 0.260 e. The number of rotatable bonds is 3. The number of amides is 1. The van der Waals surface area contributed by atoms with Crippen molar-refractivity contribution < 1.29 is 18.3 Å². The lowest BCUT2D eigenvalue weighted by Gasteiger charge is -2.39. The van der Waals surface area contributed by atoms with Crippen molar-refractivity contribution in [3.05, 3.63) is 59.4 Å². The van der Waals surface area contributed by atoms with Gasteiger partial charge >= 0.3 is 0 Å². The Bertz CT molecular complexity index is 695. The van der Waals surface area contributed by atoms with E-state index >= 15 is 0 Å². The lowest BCUT2D eigenvalue weighted by molar-refractivity contribution is 0.0170. The summed E-state index contributed by atoms with van der Waals surface area (Å²) in [5.74, 6) is -1.68. The van der Waals surface area contributed by atoms with Gasteiger partial charge in [0.15, 0.2) is 0 Å². The Hall–Kier alpha value is -2.50. The van der Waals surface area contributed by atoms with Crippen LogP contribution in [0.4, 0.5) is 8.78 Å². The fourth-order valence-corrected chi connectivity index (χ4v) is 2.32. The highest BCUT2D eigenvalue weighted by Crippen LogP contribution is 2.22. The van der Waals surface area contributed by atoms with E-state index in [2.05, 4.69) is 4.98 Å². The van der Waals surface area contributed by atoms with Crippen LogP contribution >= 0.6 is 0 Å². The normalized spacial score (nSPS) is 14.6. The van der Waals surface area contributed by atoms with Crippen LogP contribution < -0.4 is 4.74 Å². The number of nitrogens with zero attached hydrogens (tertiary/aromatic N) is 2. The van der Waals surface area contributed by atoms with Gasteiger partial charge in [0.2, 0.25) is 0 Å². The molecular formula is C16H14F2N2O2. The minimum atomic E-state index is -0.848. The molecular weight excluding hydrogens is 290 g/mol. The summed E-state index contributed by atoms with van der Waals surface area (Å²) in [6.07, 6.45) is 1.46. The van der Waals surface area contributed by atoms with Crippen molar-refractivity contribution in [3.8, 4) is 5.75 Å². The minimum Gasteiger partial charge on any atom is -0.487 e. The van der Waals surface area contributed by atoms with Crippen molar-refractivity contribution in [1.29, 1.82) is 0 Å². The molecule has 0 unspecified atom stereocenters. The first-order valence-corrected chi connectivity index (χ1v) is 6.87. The van der Waals surface area contributed by atoms with Crippen LogP contribution in [-0.4, -0.2) is 35.0 Å². The van der Waals surface area contributed by atoms with Crippen molar-refractivity contribution >= 4 is 5.91 Å². The average molecular weight is 304 g/mol. The summed E-state index contributed by atoms with van der Waals surface area (Å²) in [6.45, 7) is 2.45. The smallest absolute Gasteiger partial charge is 0.260 e. The van der Waals surface area contributed by atoms with Crippen LogP contribution in [0.25, 0.3) is 0 Å². The zero-order chi connectivity index (χ0) is 15.7. The first-order chi connectivity index (χ1) is 10.5. The topological polar surface area (TPSA) is 42.4 Å². The van der Waals surface area contributed by atoms with Crippen LogP contribution in [0, 0.1) is 18.6 Å².